The molecule has 0 spiro atoms. The Morgan fingerprint density at radius 1 is 1.53 bits per heavy atom. The molecule has 0 aliphatic rings. The highest BCUT2D eigenvalue weighted by Gasteiger charge is 2.10. The number of halogens is 1. The van der Waals surface area contributed by atoms with Gasteiger partial charge in [0.15, 0.2) is 0 Å². The molecule has 5 nitrogen and oxygen atoms in total. The third kappa shape index (κ3) is 1.80. The molecular formula is C9H6ClN5. The Balaban J connectivity index is 2.61. The summed E-state index contributed by atoms with van der Waals surface area (Å²) in [4.78, 5) is 7.72. The van der Waals surface area contributed by atoms with Crippen molar-refractivity contribution in [2.45, 2.75) is 0 Å². The van der Waals surface area contributed by atoms with Crippen LogP contribution in [0.2, 0.25) is 5.28 Å². The van der Waals surface area contributed by atoms with Gasteiger partial charge in [-0.15, -0.1) is 0 Å². The summed E-state index contributed by atoms with van der Waals surface area (Å²) in [5, 5.41) is 13.1. The predicted molar refractivity (Wildman–Crippen MR) is 54.0 cm³/mol. The number of rotatable bonds is 1. The van der Waals surface area contributed by atoms with Gasteiger partial charge >= 0.3 is 0 Å². The van der Waals surface area contributed by atoms with Crippen molar-refractivity contribution in [3.8, 4) is 17.5 Å². The van der Waals surface area contributed by atoms with Crippen LogP contribution in [0.15, 0.2) is 18.5 Å². The van der Waals surface area contributed by atoms with E-state index in [9.17, 15) is 0 Å². The van der Waals surface area contributed by atoms with Gasteiger partial charge in [0, 0.05) is 13.2 Å². The van der Waals surface area contributed by atoms with Crippen LogP contribution < -0.4 is 0 Å². The lowest BCUT2D eigenvalue weighted by atomic mass is 10.2. The SMILES string of the molecule is Cn1ccc(-c2nc(Cl)ncc2C#N)n1. The topological polar surface area (TPSA) is 67.4 Å². The minimum absolute atomic E-state index is 0.106. The van der Waals surface area contributed by atoms with Crippen LogP contribution in [0.25, 0.3) is 11.4 Å². The van der Waals surface area contributed by atoms with Gasteiger partial charge in [-0.2, -0.15) is 10.4 Å². The molecule has 0 bridgehead atoms. The molecule has 0 fully saturated rings. The van der Waals surface area contributed by atoms with Crippen molar-refractivity contribution < 1.29 is 0 Å². The largest absolute Gasteiger partial charge is 0.275 e. The molecule has 6 heteroatoms. The molecular weight excluding hydrogens is 214 g/mol. The van der Waals surface area contributed by atoms with Crippen LogP contribution in [0.4, 0.5) is 0 Å². The molecule has 0 N–H and O–H groups in total. The van der Waals surface area contributed by atoms with Crippen LogP contribution >= 0.6 is 11.6 Å². The normalized spacial score (nSPS) is 9.93. The fraction of sp³-hybridized carbons (Fsp3) is 0.111. The maximum atomic E-state index is 8.87. The average molecular weight is 220 g/mol. The van der Waals surface area contributed by atoms with E-state index in [0.717, 1.165) is 0 Å². The van der Waals surface area contributed by atoms with Crippen molar-refractivity contribution in [1.29, 1.82) is 5.26 Å². The lowest BCUT2D eigenvalue weighted by Crippen LogP contribution is -1.94. The summed E-state index contributed by atoms with van der Waals surface area (Å²) in [6.45, 7) is 0. The van der Waals surface area contributed by atoms with E-state index in [1.807, 2.05) is 6.07 Å². The van der Waals surface area contributed by atoms with Crippen molar-refractivity contribution in [2.24, 2.45) is 7.05 Å². The third-order valence-electron chi connectivity index (χ3n) is 1.84. The zero-order chi connectivity index (χ0) is 10.8. The smallest absolute Gasteiger partial charge is 0.223 e. The van der Waals surface area contributed by atoms with E-state index in [2.05, 4.69) is 15.1 Å². The first-order valence-corrected chi connectivity index (χ1v) is 4.51. The van der Waals surface area contributed by atoms with Gasteiger partial charge in [-0.3, -0.25) is 4.68 Å². The third-order valence-corrected chi connectivity index (χ3v) is 2.02. The van der Waals surface area contributed by atoms with Crippen molar-refractivity contribution in [1.82, 2.24) is 19.7 Å². The molecule has 74 valence electrons. The lowest BCUT2D eigenvalue weighted by Gasteiger charge is -1.98. The zero-order valence-corrected chi connectivity index (χ0v) is 8.60. The van der Waals surface area contributed by atoms with Crippen LogP contribution in [0.1, 0.15) is 5.56 Å². The highest BCUT2D eigenvalue weighted by molar-refractivity contribution is 6.28. The van der Waals surface area contributed by atoms with Crippen LogP contribution in [-0.2, 0) is 7.05 Å². The van der Waals surface area contributed by atoms with Crippen LogP contribution in [-0.4, -0.2) is 19.7 Å². The number of aromatic nitrogens is 4. The predicted octanol–water partition coefficient (Wildman–Crippen LogP) is 1.40. The van der Waals surface area contributed by atoms with Crippen LogP contribution in [0, 0.1) is 11.3 Å². The fourth-order valence-corrected chi connectivity index (χ4v) is 1.31. The summed E-state index contributed by atoms with van der Waals surface area (Å²) in [7, 11) is 1.79. The molecule has 0 unspecified atom stereocenters. The summed E-state index contributed by atoms with van der Waals surface area (Å²) in [5.41, 5.74) is 1.43. The van der Waals surface area contributed by atoms with E-state index in [1.54, 1.807) is 24.0 Å². The first kappa shape index (κ1) is 9.62. The second kappa shape index (κ2) is 3.67. The van der Waals surface area contributed by atoms with Gasteiger partial charge in [-0.25, -0.2) is 9.97 Å². The Labute approximate surface area is 91.0 Å². The molecule has 0 aromatic carbocycles. The second-order valence-electron chi connectivity index (χ2n) is 2.89. The van der Waals surface area contributed by atoms with Crippen molar-refractivity contribution in [2.75, 3.05) is 0 Å². The van der Waals surface area contributed by atoms with E-state index in [0.29, 0.717) is 17.0 Å². The molecule has 0 aliphatic heterocycles. The highest BCUT2D eigenvalue weighted by atomic mass is 35.5. The molecule has 0 saturated carbocycles. The second-order valence-corrected chi connectivity index (χ2v) is 3.23. The quantitative estimate of drug-likeness (QED) is 0.680. The average Bonchev–Trinajstić information content (AvgIpc) is 2.65. The van der Waals surface area contributed by atoms with E-state index in [4.69, 9.17) is 16.9 Å². The molecule has 0 radical (unpaired) electrons. The molecule has 0 aliphatic carbocycles. The van der Waals surface area contributed by atoms with Gasteiger partial charge in [0.25, 0.3) is 0 Å². The standard InChI is InChI=1S/C9H6ClN5/c1-15-3-2-7(14-15)8-6(4-11)5-12-9(10)13-8/h2-3,5H,1H3. The lowest BCUT2D eigenvalue weighted by molar-refractivity contribution is 0.769. The molecule has 2 heterocycles. The molecule has 0 saturated heterocycles. The number of nitrogens with zero attached hydrogens (tertiary/aromatic N) is 5. The minimum Gasteiger partial charge on any atom is -0.275 e. The maximum Gasteiger partial charge on any atom is 0.223 e. The van der Waals surface area contributed by atoms with E-state index >= 15 is 0 Å². The van der Waals surface area contributed by atoms with E-state index in [-0.39, 0.29) is 5.28 Å². The maximum absolute atomic E-state index is 8.87. The van der Waals surface area contributed by atoms with E-state index < -0.39 is 0 Å². The number of aryl methyl sites for hydroxylation is 1. The zero-order valence-electron chi connectivity index (χ0n) is 7.85. The van der Waals surface area contributed by atoms with Crippen molar-refractivity contribution in [3.63, 3.8) is 0 Å². The monoisotopic (exact) mass is 219 g/mol. The van der Waals surface area contributed by atoms with Gasteiger partial charge in [-0.1, -0.05) is 0 Å². The molecule has 2 aromatic heterocycles. The molecule has 15 heavy (non-hydrogen) atoms. The number of hydrogen-bond donors (Lipinski definition) is 0. The molecule has 2 rings (SSSR count). The Morgan fingerprint density at radius 2 is 2.33 bits per heavy atom. The Hall–Kier alpha value is -1.93. The van der Waals surface area contributed by atoms with Crippen LogP contribution in [0.3, 0.4) is 0 Å². The first-order chi connectivity index (χ1) is 7.20. The summed E-state index contributed by atoms with van der Waals surface area (Å²) >= 11 is 5.66. The Kier molecular flexibility index (Phi) is 2.35. The van der Waals surface area contributed by atoms with Gasteiger partial charge in [0.05, 0.1) is 11.8 Å². The van der Waals surface area contributed by atoms with Gasteiger partial charge < -0.3 is 0 Å². The van der Waals surface area contributed by atoms with Crippen LogP contribution in [0.5, 0.6) is 0 Å². The van der Waals surface area contributed by atoms with Gasteiger partial charge in [0.2, 0.25) is 5.28 Å². The molecule has 2 aromatic rings. The fourth-order valence-electron chi connectivity index (χ4n) is 1.18. The Bertz CT molecular complexity index is 540. The highest BCUT2D eigenvalue weighted by Crippen LogP contribution is 2.19. The first-order valence-electron chi connectivity index (χ1n) is 4.13. The van der Waals surface area contributed by atoms with Gasteiger partial charge in [0.1, 0.15) is 17.5 Å². The minimum atomic E-state index is 0.106. The van der Waals surface area contributed by atoms with Gasteiger partial charge in [-0.05, 0) is 17.7 Å². The summed E-state index contributed by atoms with van der Waals surface area (Å²) in [6.07, 6.45) is 3.16. The van der Waals surface area contributed by atoms with E-state index in [1.165, 1.54) is 6.20 Å². The molecule has 0 atom stereocenters. The summed E-state index contributed by atoms with van der Waals surface area (Å²) in [6, 6.07) is 3.76. The van der Waals surface area contributed by atoms with Crippen molar-refractivity contribution in [3.05, 3.63) is 29.3 Å². The molecule has 0 amide bonds. The van der Waals surface area contributed by atoms with Crippen molar-refractivity contribution >= 4 is 11.6 Å². The number of nitriles is 1. The summed E-state index contributed by atoms with van der Waals surface area (Å²) < 4.78 is 1.63. The number of hydrogen-bond acceptors (Lipinski definition) is 4. The summed E-state index contributed by atoms with van der Waals surface area (Å²) in [5.74, 6) is 0. The Morgan fingerprint density at radius 3 is 2.93 bits per heavy atom.